The van der Waals surface area contributed by atoms with Crippen LogP contribution in [0.4, 0.5) is 15.8 Å². The van der Waals surface area contributed by atoms with E-state index in [1.807, 2.05) is 0 Å². The number of hydrogen-bond acceptors (Lipinski definition) is 3. The van der Waals surface area contributed by atoms with Gasteiger partial charge in [-0.05, 0) is 31.5 Å². The van der Waals surface area contributed by atoms with Crippen LogP contribution >= 0.6 is 0 Å². The fourth-order valence-electron chi connectivity index (χ4n) is 1.76. The van der Waals surface area contributed by atoms with E-state index in [0.717, 1.165) is 0 Å². The van der Waals surface area contributed by atoms with E-state index in [1.165, 1.54) is 12.3 Å². The molecule has 1 heterocycles. The highest BCUT2D eigenvalue weighted by molar-refractivity contribution is 5.95. The molecule has 0 aliphatic carbocycles. The molecule has 19 heavy (non-hydrogen) atoms. The van der Waals surface area contributed by atoms with E-state index >= 15 is 0 Å². The van der Waals surface area contributed by atoms with Crippen molar-refractivity contribution < 1.29 is 14.3 Å². The Bertz CT molecular complexity index is 621. The molecule has 0 atom stereocenters. The zero-order valence-corrected chi connectivity index (χ0v) is 10.6. The molecule has 2 N–H and O–H groups in total. The third-order valence-electron chi connectivity index (χ3n) is 2.75. The van der Waals surface area contributed by atoms with Gasteiger partial charge in [-0.1, -0.05) is 12.1 Å². The molecule has 1 aromatic carbocycles. The fraction of sp³-hybridized carbons (Fsp3) is 0.143. The predicted molar refractivity (Wildman–Crippen MR) is 70.4 cm³/mol. The Hall–Kier alpha value is -2.43. The Morgan fingerprint density at radius 2 is 2.11 bits per heavy atom. The average Bonchev–Trinajstić information content (AvgIpc) is 2.33. The molecule has 1 aromatic heterocycles. The first-order valence-corrected chi connectivity index (χ1v) is 5.71. The largest absolute Gasteiger partial charge is 0.478 e. The Labute approximate surface area is 109 Å². The lowest BCUT2D eigenvalue weighted by atomic mass is 10.1. The van der Waals surface area contributed by atoms with Crippen LogP contribution in [-0.4, -0.2) is 16.1 Å². The number of carbonyl (C=O) groups is 1. The van der Waals surface area contributed by atoms with Crippen molar-refractivity contribution in [3.63, 3.8) is 0 Å². The van der Waals surface area contributed by atoms with Gasteiger partial charge in [-0.3, -0.25) is 4.98 Å². The highest BCUT2D eigenvalue weighted by Crippen LogP contribution is 2.26. The van der Waals surface area contributed by atoms with Gasteiger partial charge in [-0.2, -0.15) is 0 Å². The molecule has 0 amide bonds. The first kappa shape index (κ1) is 13.0. The van der Waals surface area contributed by atoms with Gasteiger partial charge in [0.1, 0.15) is 11.4 Å². The minimum atomic E-state index is -1.11. The van der Waals surface area contributed by atoms with E-state index in [2.05, 4.69) is 10.3 Å². The second-order valence-electron chi connectivity index (χ2n) is 4.23. The van der Waals surface area contributed by atoms with Crippen molar-refractivity contribution in [2.24, 2.45) is 0 Å². The number of carboxylic acids is 1. The van der Waals surface area contributed by atoms with Gasteiger partial charge in [0.25, 0.3) is 0 Å². The van der Waals surface area contributed by atoms with E-state index in [9.17, 15) is 9.18 Å². The maximum absolute atomic E-state index is 13.7. The first-order chi connectivity index (χ1) is 8.99. The lowest BCUT2D eigenvalue weighted by Gasteiger charge is -2.13. The summed E-state index contributed by atoms with van der Waals surface area (Å²) in [5, 5.41) is 11.9. The van der Waals surface area contributed by atoms with Gasteiger partial charge in [0, 0.05) is 11.9 Å². The summed E-state index contributed by atoms with van der Waals surface area (Å²) in [6.07, 6.45) is 1.26. The van der Waals surface area contributed by atoms with Crippen molar-refractivity contribution in [1.29, 1.82) is 0 Å². The number of nitrogens with zero attached hydrogens (tertiary/aromatic N) is 1. The zero-order chi connectivity index (χ0) is 14.0. The van der Waals surface area contributed by atoms with Crippen LogP contribution in [-0.2, 0) is 0 Å². The summed E-state index contributed by atoms with van der Waals surface area (Å²) in [6.45, 7) is 3.49. The number of aromatic carboxylic acids is 1. The van der Waals surface area contributed by atoms with Crippen LogP contribution in [0.2, 0.25) is 0 Å². The number of carboxylic acid groups (broad SMARTS) is 1. The third kappa shape index (κ3) is 2.70. The van der Waals surface area contributed by atoms with Gasteiger partial charge in [-0.25, -0.2) is 9.18 Å². The number of para-hydroxylation sites is 1. The number of aryl methyl sites for hydroxylation is 2. The molecule has 2 rings (SSSR count). The summed E-state index contributed by atoms with van der Waals surface area (Å²) in [6, 6.07) is 6.25. The van der Waals surface area contributed by atoms with Gasteiger partial charge >= 0.3 is 5.97 Å². The van der Waals surface area contributed by atoms with Gasteiger partial charge < -0.3 is 10.4 Å². The van der Waals surface area contributed by atoms with E-state index in [4.69, 9.17) is 5.11 Å². The molecule has 98 valence electrons. The Morgan fingerprint density at radius 3 is 2.74 bits per heavy atom. The number of halogens is 1. The van der Waals surface area contributed by atoms with Crippen molar-refractivity contribution in [1.82, 2.24) is 4.98 Å². The minimum Gasteiger partial charge on any atom is -0.478 e. The van der Waals surface area contributed by atoms with Crippen LogP contribution < -0.4 is 5.32 Å². The van der Waals surface area contributed by atoms with Crippen molar-refractivity contribution in [2.45, 2.75) is 13.8 Å². The molecule has 0 saturated carbocycles. The maximum Gasteiger partial charge on any atom is 0.339 e. The van der Waals surface area contributed by atoms with E-state index in [-0.39, 0.29) is 11.3 Å². The number of rotatable bonds is 3. The van der Waals surface area contributed by atoms with E-state index < -0.39 is 11.8 Å². The van der Waals surface area contributed by atoms with Crippen molar-refractivity contribution in [3.8, 4) is 0 Å². The highest BCUT2D eigenvalue weighted by Gasteiger charge is 2.13. The molecular weight excluding hydrogens is 247 g/mol. The Kier molecular flexibility index (Phi) is 3.46. The van der Waals surface area contributed by atoms with Crippen LogP contribution in [0.1, 0.15) is 21.6 Å². The van der Waals surface area contributed by atoms with Gasteiger partial charge in [0.15, 0.2) is 0 Å². The standard InChI is InChI=1S/C14H13FN2O2/c1-8-4-3-5-11(15)13(8)17-12-6-9(2)16-7-10(12)14(18)19/h3-7H,1-2H3,(H,16,17)(H,18,19). The number of benzene rings is 1. The second-order valence-corrected chi connectivity index (χ2v) is 4.23. The van der Waals surface area contributed by atoms with Crippen LogP contribution in [0.5, 0.6) is 0 Å². The summed E-state index contributed by atoms with van der Waals surface area (Å²) in [5.74, 6) is -1.53. The molecule has 0 bridgehead atoms. The number of nitrogens with one attached hydrogen (secondary N) is 1. The zero-order valence-electron chi connectivity index (χ0n) is 10.6. The van der Waals surface area contributed by atoms with E-state index in [0.29, 0.717) is 16.9 Å². The molecule has 0 aliphatic heterocycles. The van der Waals surface area contributed by atoms with Crippen molar-refractivity contribution in [3.05, 3.63) is 53.1 Å². The summed E-state index contributed by atoms with van der Waals surface area (Å²) < 4.78 is 13.7. The van der Waals surface area contributed by atoms with E-state index in [1.54, 1.807) is 32.0 Å². The average molecular weight is 260 g/mol. The molecular formula is C14H13FN2O2. The smallest absolute Gasteiger partial charge is 0.339 e. The molecule has 0 aliphatic rings. The normalized spacial score (nSPS) is 10.3. The van der Waals surface area contributed by atoms with Gasteiger partial charge in [-0.15, -0.1) is 0 Å². The monoisotopic (exact) mass is 260 g/mol. The fourth-order valence-corrected chi connectivity index (χ4v) is 1.76. The number of anilines is 2. The number of aromatic nitrogens is 1. The molecule has 0 fully saturated rings. The van der Waals surface area contributed by atoms with Crippen LogP contribution in [0, 0.1) is 19.7 Å². The Balaban J connectivity index is 2.49. The molecule has 0 radical (unpaired) electrons. The second kappa shape index (κ2) is 5.06. The highest BCUT2D eigenvalue weighted by atomic mass is 19.1. The van der Waals surface area contributed by atoms with Gasteiger partial charge in [0.05, 0.1) is 11.4 Å². The quantitative estimate of drug-likeness (QED) is 0.889. The van der Waals surface area contributed by atoms with Crippen LogP contribution in [0.25, 0.3) is 0 Å². The van der Waals surface area contributed by atoms with Crippen molar-refractivity contribution >= 4 is 17.3 Å². The van der Waals surface area contributed by atoms with Crippen molar-refractivity contribution in [2.75, 3.05) is 5.32 Å². The summed E-state index contributed by atoms with van der Waals surface area (Å²) in [7, 11) is 0. The molecule has 2 aromatic rings. The SMILES string of the molecule is Cc1cc(Nc2c(C)cccc2F)c(C(=O)O)cn1. The molecule has 0 saturated heterocycles. The summed E-state index contributed by atoms with van der Waals surface area (Å²) >= 11 is 0. The maximum atomic E-state index is 13.7. The van der Waals surface area contributed by atoms with Crippen LogP contribution in [0.3, 0.4) is 0 Å². The lowest BCUT2D eigenvalue weighted by Crippen LogP contribution is -2.06. The van der Waals surface area contributed by atoms with Crippen LogP contribution in [0.15, 0.2) is 30.5 Å². The minimum absolute atomic E-state index is 0.00764. The molecule has 0 unspecified atom stereocenters. The predicted octanol–water partition coefficient (Wildman–Crippen LogP) is 3.28. The van der Waals surface area contributed by atoms with Gasteiger partial charge in [0.2, 0.25) is 0 Å². The summed E-state index contributed by atoms with van der Waals surface area (Å²) in [4.78, 5) is 15.1. The molecule has 5 heteroatoms. The Morgan fingerprint density at radius 1 is 1.37 bits per heavy atom. The topological polar surface area (TPSA) is 62.2 Å². The lowest BCUT2D eigenvalue weighted by molar-refractivity contribution is 0.0697. The number of hydrogen-bond donors (Lipinski definition) is 2. The number of pyridine rings is 1. The summed E-state index contributed by atoms with van der Waals surface area (Å²) in [5.41, 5.74) is 1.96. The molecule has 4 nitrogen and oxygen atoms in total. The molecule has 0 spiro atoms. The first-order valence-electron chi connectivity index (χ1n) is 5.71. The third-order valence-corrected chi connectivity index (χ3v) is 2.75.